The predicted octanol–water partition coefficient (Wildman–Crippen LogP) is 4.43. The van der Waals surface area contributed by atoms with Crippen LogP contribution in [0.2, 0.25) is 0 Å². The van der Waals surface area contributed by atoms with E-state index in [2.05, 4.69) is 19.2 Å². The van der Waals surface area contributed by atoms with Crippen molar-refractivity contribution in [2.24, 2.45) is 0 Å². The molecule has 2 atom stereocenters. The molecule has 1 aromatic rings. The van der Waals surface area contributed by atoms with Gasteiger partial charge in [-0.2, -0.15) is 0 Å². The second-order valence-electron chi connectivity index (χ2n) is 6.91. The molecule has 0 saturated heterocycles. The fraction of sp³-hybridized carbons (Fsp3) is 0.524. The lowest BCUT2D eigenvalue weighted by molar-refractivity contribution is -0.130. The Morgan fingerprint density at radius 1 is 1.20 bits per heavy atom. The van der Waals surface area contributed by atoms with Gasteiger partial charge in [-0.3, -0.25) is 9.59 Å². The summed E-state index contributed by atoms with van der Waals surface area (Å²) in [5.41, 5.74) is 2.11. The Kier molecular flexibility index (Phi) is 7.23. The molecule has 1 aromatic carbocycles. The molecule has 1 aliphatic rings. The van der Waals surface area contributed by atoms with E-state index in [1.165, 1.54) is 19.3 Å². The van der Waals surface area contributed by atoms with Crippen molar-refractivity contribution in [2.45, 2.75) is 71.4 Å². The van der Waals surface area contributed by atoms with Crippen molar-refractivity contribution in [3.05, 3.63) is 41.6 Å². The first kappa shape index (κ1) is 19.2. The number of carbonyl (C=O) groups is 2. The Hall–Kier alpha value is -2.10. The summed E-state index contributed by atoms with van der Waals surface area (Å²) < 4.78 is 0. The normalized spacial score (nSPS) is 17.1. The molecule has 4 nitrogen and oxygen atoms in total. The Bertz CT molecular complexity index is 624. The van der Waals surface area contributed by atoms with E-state index in [4.69, 9.17) is 0 Å². The minimum absolute atomic E-state index is 0.00402. The molecule has 2 rings (SSSR count). The maximum Gasteiger partial charge on any atom is 0.223 e. The molecule has 1 N–H and O–H groups in total. The van der Waals surface area contributed by atoms with Crippen LogP contribution in [0.25, 0.3) is 6.08 Å². The monoisotopic (exact) mass is 342 g/mol. The standard InChI is InChI=1S/C21H30N2O2/c1-4-5-6-7-10-16(2)22-21(25)15-20-19-12-9-8-11-18(19)13-14-23(20)17(3)24/h8-9,11-14,16,20H,4-7,10,15H2,1-3H3,(H,22,25). The van der Waals surface area contributed by atoms with Crippen LogP contribution in [-0.2, 0) is 9.59 Å². The van der Waals surface area contributed by atoms with Gasteiger partial charge in [-0.1, -0.05) is 56.9 Å². The van der Waals surface area contributed by atoms with Gasteiger partial charge in [-0.25, -0.2) is 0 Å². The molecule has 0 bridgehead atoms. The molecule has 1 aliphatic heterocycles. The zero-order valence-corrected chi connectivity index (χ0v) is 15.6. The highest BCUT2D eigenvalue weighted by Crippen LogP contribution is 2.32. The smallest absolute Gasteiger partial charge is 0.223 e. The molecule has 25 heavy (non-hydrogen) atoms. The van der Waals surface area contributed by atoms with Gasteiger partial charge < -0.3 is 10.2 Å². The van der Waals surface area contributed by atoms with Gasteiger partial charge in [0, 0.05) is 19.2 Å². The number of amides is 2. The maximum absolute atomic E-state index is 12.5. The van der Waals surface area contributed by atoms with E-state index in [1.807, 2.05) is 30.3 Å². The first-order valence-electron chi connectivity index (χ1n) is 9.38. The van der Waals surface area contributed by atoms with E-state index in [1.54, 1.807) is 18.0 Å². The van der Waals surface area contributed by atoms with E-state index in [9.17, 15) is 9.59 Å². The van der Waals surface area contributed by atoms with Crippen molar-refractivity contribution in [2.75, 3.05) is 0 Å². The van der Waals surface area contributed by atoms with Crippen molar-refractivity contribution in [3.8, 4) is 0 Å². The number of carbonyl (C=O) groups excluding carboxylic acids is 2. The van der Waals surface area contributed by atoms with E-state index in [0.717, 1.165) is 24.0 Å². The van der Waals surface area contributed by atoms with Crippen molar-refractivity contribution in [1.29, 1.82) is 0 Å². The first-order valence-corrected chi connectivity index (χ1v) is 9.38. The molecular weight excluding hydrogens is 312 g/mol. The van der Waals surface area contributed by atoms with Crippen molar-refractivity contribution < 1.29 is 9.59 Å². The number of fused-ring (bicyclic) bond motifs is 1. The molecule has 0 aliphatic carbocycles. The van der Waals surface area contributed by atoms with Gasteiger partial charge in [0.05, 0.1) is 12.5 Å². The molecule has 0 fully saturated rings. The highest BCUT2D eigenvalue weighted by molar-refractivity contribution is 5.81. The summed E-state index contributed by atoms with van der Waals surface area (Å²) in [5.74, 6) is -0.0412. The second kappa shape index (κ2) is 9.40. The average Bonchev–Trinajstić information content (AvgIpc) is 2.58. The van der Waals surface area contributed by atoms with E-state index in [0.29, 0.717) is 6.42 Å². The predicted molar refractivity (Wildman–Crippen MR) is 102 cm³/mol. The lowest BCUT2D eigenvalue weighted by atomic mass is 9.93. The van der Waals surface area contributed by atoms with E-state index >= 15 is 0 Å². The highest BCUT2D eigenvalue weighted by atomic mass is 16.2. The van der Waals surface area contributed by atoms with Crippen LogP contribution in [0.15, 0.2) is 30.5 Å². The van der Waals surface area contributed by atoms with Crippen LogP contribution in [0.4, 0.5) is 0 Å². The largest absolute Gasteiger partial charge is 0.354 e. The fourth-order valence-electron chi connectivity index (χ4n) is 3.37. The van der Waals surface area contributed by atoms with E-state index in [-0.39, 0.29) is 23.9 Å². The van der Waals surface area contributed by atoms with Gasteiger partial charge in [-0.05, 0) is 30.5 Å². The van der Waals surface area contributed by atoms with Crippen LogP contribution in [0.1, 0.15) is 76.5 Å². The summed E-state index contributed by atoms with van der Waals surface area (Å²) in [6.45, 7) is 5.79. The van der Waals surface area contributed by atoms with Crippen LogP contribution in [-0.4, -0.2) is 22.8 Å². The molecule has 136 valence electrons. The Morgan fingerprint density at radius 2 is 1.96 bits per heavy atom. The highest BCUT2D eigenvalue weighted by Gasteiger charge is 2.28. The number of hydrogen-bond donors (Lipinski definition) is 1. The third-order valence-electron chi connectivity index (χ3n) is 4.75. The SMILES string of the molecule is CCCCCCC(C)NC(=O)CC1c2ccccc2C=CN1C(C)=O. The Balaban J connectivity index is 1.97. The van der Waals surface area contributed by atoms with Crippen LogP contribution in [0.5, 0.6) is 0 Å². The van der Waals surface area contributed by atoms with Crippen molar-refractivity contribution in [3.63, 3.8) is 0 Å². The van der Waals surface area contributed by atoms with Gasteiger partial charge in [0.1, 0.15) is 0 Å². The lowest BCUT2D eigenvalue weighted by Crippen LogP contribution is -2.38. The Morgan fingerprint density at radius 3 is 2.68 bits per heavy atom. The van der Waals surface area contributed by atoms with Crippen molar-refractivity contribution in [1.82, 2.24) is 10.2 Å². The fourth-order valence-corrected chi connectivity index (χ4v) is 3.37. The van der Waals surface area contributed by atoms with Gasteiger partial charge in [0.2, 0.25) is 11.8 Å². The zero-order valence-electron chi connectivity index (χ0n) is 15.6. The van der Waals surface area contributed by atoms with Crippen LogP contribution in [0, 0.1) is 0 Å². The summed E-state index contributed by atoms with van der Waals surface area (Å²) >= 11 is 0. The minimum atomic E-state index is -0.231. The quantitative estimate of drug-likeness (QED) is 0.711. The summed E-state index contributed by atoms with van der Waals surface area (Å²) in [4.78, 5) is 26.1. The van der Waals surface area contributed by atoms with Gasteiger partial charge in [0.15, 0.2) is 0 Å². The Labute approximate surface area is 151 Å². The van der Waals surface area contributed by atoms with E-state index < -0.39 is 0 Å². The number of hydrogen-bond acceptors (Lipinski definition) is 2. The van der Waals surface area contributed by atoms with Crippen LogP contribution >= 0.6 is 0 Å². The number of nitrogens with zero attached hydrogens (tertiary/aromatic N) is 1. The molecule has 0 saturated carbocycles. The molecule has 0 radical (unpaired) electrons. The van der Waals surface area contributed by atoms with Gasteiger partial charge in [-0.15, -0.1) is 0 Å². The van der Waals surface area contributed by atoms with Gasteiger partial charge in [0.25, 0.3) is 0 Å². The molecule has 0 spiro atoms. The molecule has 1 heterocycles. The summed E-state index contributed by atoms with van der Waals surface area (Å²) in [5, 5.41) is 3.09. The minimum Gasteiger partial charge on any atom is -0.354 e. The lowest BCUT2D eigenvalue weighted by Gasteiger charge is -2.32. The average molecular weight is 342 g/mol. The number of unbranched alkanes of at least 4 members (excludes halogenated alkanes) is 3. The topological polar surface area (TPSA) is 49.4 Å². The summed E-state index contributed by atoms with van der Waals surface area (Å²) in [6.07, 6.45) is 9.84. The van der Waals surface area contributed by atoms with Crippen molar-refractivity contribution >= 4 is 17.9 Å². The third kappa shape index (κ3) is 5.45. The molecule has 2 unspecified atom stereocenters. The third-order valence-corrected chi connectivity index (χ3v) is 4.75. The second-order valence-corrected chi connectivity index (χ2v) is 6.91. The molecule has 0 aromatic heterocycles. The van der Waals surface area contributed by atoms with Crippen LogP contribution in [0.3, 0.4) is 0 Å². The number of benzene rings is 1. The summed E-state index contributed by atoms with van der Waals surface area (Å²) in [7, 11) is 0. The van der Waals surface area contributed by atoms with Crippen LogP contribution < -0.4 is 5.32 Å². The molecular formula is C21H30N2O2. The molecule has 4 heteroatoms. The number of rotatable bonds is 8. The first-order chi connectivity index (χ1) is 12.0. The molecule has 2 amide bonds. The van der Waals surface area contributed by atoms with Gasteiger partial charge >= 0.3 is 0 Å². The zero-order chi connectivity index (χ0) is 18.2. The number of nitrogens with one attached hydrogen (secondary N) is 1. The maximum atomic E-state index is 12.5. The summed E-state index contributed by atoms with van der Waals surface area (Å²) in [6, 6.07) is 7.89.